The van der Waals surface area contributed by atoms with Crippen LogP contribution in [-0.4, -0.2) is 57.6 Å². The smallest absolute Gasteiger partial charge is 0.325 e. The Balaban J connectivity index is 1.53. The first-order chi connectivity index (χ1) is 11.0. The highest BCUT2D eigenvalue weighted by Gasteiger charge is 2.52. The summed E-state index contributed by atoms with van der Waals surface area (Å²) in [5, 5.41) is 6.75. The van der Waals surface area contributed by atoms with Crippen molar-refractivity contribution in [3.05, 3.63) is 11.7 Å². The van der Waals surface area contributed by atoms with Crippen LogP contribution in [0.25, 0.3) is 0 Å². The van der Waals surface area contributed by atoms with Gasteiger partial charge in [-0.25, -0.2) is 4.79 Å². The number of rotatable bonds is 6. The zero-order valence-electron chi connectivity index (χ0n) is 13.7. The van der Waals surface area contributed by atoms with Crippen LogP contribution in [0.2, 0.25) is 0 Å². The molecule has 1 aromatic rings. The maximum Gasteiger partial charge on any atom is 0.325 e. The Kier molecular flexibility index (Phi) is 4.34. The van der Waals surface area contributed by atoms with Crippen LogP contribution in [0.5, 0.6) is 0 Å². The van der Waals surface area contributed by atoms with Gasteiger partial charge in [-0.3, -0.25) is 14.6 Å². The minimum absolute atomic E-state index is 0.0699. The minimum Gasteiger partial charge on any atom is -0.338 e. The van der Waals surface area contributed by atoms with Crippen LogP contribution in [0.4, 0.5) is 4.79 Å². The van der Waals surface area contributed by atoms with Crippen LogP contribution in [0, 0.1) is 0 Å². The molecule has 2 heterocycles. The van der Waals surface area contributed by atoms with Crippen molar-refractivity contribution in [3.63, 3.8) is 0 Å². The van der Waals surface area contributed by atoms with Gasteiger partial charge < -0.3 is 9.84 Å². The molecule has 1 aliphatic heterocycles. The molecule has 1 N–H and O–H groups in total. The molecule has 1 saturated heterocycles. The van der Waals surface area contributed by atoms with Gasteiger partial charge in [0.2, 0.25) is 5.89 Å². The molecule has 23 heavy (non-hydrogen) atoms. The Morgan fingerprint density at radius 2 is 2.09 bits per heavy atom. The summed E-state index contributed by atoms with van der Waals surface area (Å²) in [4.78, 5) is 32.2. The van der Waals surface area contributed by atoms with E-state index < -0.39 is 5.54 Å². The number of nitrogens with zero attached hydrogens (tertiary/aromatic N) is 4. The van der Waals surface area contributed by atoms with Gasteiger partial charge in [-0.05, 0) is 19.9 Å². The summed E-state index contributed by atoms with van der Waals surface area (Å²) >= 11 is 0. The zero-order valence-corrected chi connectivity index (χ0v) is 13.7. The molecule has 0 radical (unpaired) electrons. The SMILES string of the molecule is CCc1noc(CN(C)CCN2C(=O)NC3(CCCC3)C2=O)n1. The number of likely N-dealkylation sites (N-methyl/N-ethyl adjacent to an activating group) is 1. The lowest BCUT2D eigenvalue weighted by Crippen LogP contribution is -2.44. The monoisotopic (exact) mass is 321 g/mol. The second-order valence-electron chi connectivity index (χ2n) is 6.37. The quantitative estimate of drug-likeness (QED) is 0.784. The van der Waals surface area contributed by atoms with Crippen LogP contribution in [-0.2, 0) is 17.8 Å². The fraction of sp³-hybridized carbons (Fsp3) is 0.733. The summed E-state index contributed by atoms with van der Waals surface area (Å²) in [5.41, 5.74) is -0.627. The second kappa shape index (κ2) is 6.27. The Morgan fingerprint density at radius 3 is 2.74 bits per heavy atom. The first-order valence-electron chi connectivity index (χ1n) is 8.18. The van der Waals surface area contributed by atoms with Gasteiger partial charge in [0.25, 0.3) is 5.91 Å². The van der Waals surface area contributed by atoms with E-state index in [0.29, 0.717) is 31.3 Å². The average Bonchev–Trinajstić information content (AvgIpc) is 3.21. The molecule has 126 valence electrons. The van der Waals surface area contributed by atoms with Crippen molar-refractivity contribution in [1.29, 1.82) is 0 Å². The van der Waals surface area contributed by atoms with Crippen molar-refractivity contribution in [3.8, 4) is 0 Å². The average molecular weight is 321 g/mol. The molecule has 1 saturated carbocycles. The van der Waals surface area contributed by atoms with Gasteiger partial charge in [0, 0.05) is 19.5 Å². The van der Waals surface area contributed by atoms with Crippen LogP contribution in [0.1, 0.15) is 44.3 Å². The van der Waals surface area contributed by atoms with E-state index in [1.165, 1.54) is 4.90 Å². The topological polar surface area (TPSA) is 91.6 Å². The third-order valence-electron chi connectivity index (χ3n) is 4.64. The Labute approximate surface area is 135 Å². The number of aryl methyl sites for hydroxylation is 1. The summed E-state index contributed by atoms with van der Waals surface area (Å²) in [5.74, 6) is 1.17. The van der Waals surface area contributed by atoms with Crippen LogP contribution < -0.4 is 5.32 Å². The summed E-state index contributed by atoms with van der Waals surface area (Å²) in [6.07, 6.45) is 4.24. The highest BCUT2D eigenvalue weighted by molar-refractivity contribution is 6.07. The molecule has 0 atom stereocenters. The third-order valence-corrected chi connectivity index (χ3v) is 4.64. The Hall–Kier alpha value is -1.96. The molecule has 3 amide bonds. The number of carbonyl (C=O) groups excluding carboxylic acids is 2. The Bertz CT molecular complexity index is 594. The molecule has 1 aliphatic carbocycles. The molecule has 0 aromatic carbocycles. The van der Waals surface area contributed by atoms with Crippen molar-refractivity contribution in [2.45, 2.75) is 51.1 Å². The lowest BCUT2D eigenvalue weighted by molar-refractivity contribution is -0.131. The van der Waals surface area contributed by atoms with Crippen molar-refractivity contribution in [2.75, 3.05) is 20.1 Å². The number of imide groups is 1. The first kappa shape index (κ1) is 15.9. The van der Waals surface area contributed by atoms with E-state index in [4.69, 9.17) is 4.52 Å². The maximum absolute atomic E-state index is 12.5. The number of urea groups is 1. The van der Waals surface area contributed by atoms with E-state index in [2.05, 4.69) is 15.5 Å². The molecular formula is C15H23N5O3. The molecular weight excluding hydrogens is 298 g/mol. The lowest BCUT2D eigenvalue weighted by Gasteiger charge is -2.21. The van der Waals surface area contributed by atoms with Gasteiger partial charge in [-0.15, -0.1) is 0 Å². The second-order valence-corrected chi connectivity index (χ2v) is 6.37. The van der Waals surface area contributed by atoms with Crippen molar-refractivity contribution < 1.29 is 14.1 Å². The summed E-state index contributed by atoms with van der Waals surface area (Å²) < 4.78 is 5.15. The van der Waals surface area contributed by atoms with E-state index >= 15 is 0 Å². The standard InChI is InChI=1S/C15H23N5O3/c1-3-11-16-12(23-18-11)10-19(2)8-9-20-13(21)15(17-14(20)22)6-4-5-7-15/h3-10H2,1-2H3,(H,17,22). The van der Waals surface area contributed by atoms with Gasteiger partial charge >= 0.3 is 6.03 Å². The normalized spacial score (nSPS) is 20.0. The summed E-state index contributed by atoms with van der Waals surface area (Å²) in [6.45, 7) is 3.41. The third kappa shape index (κ3) is 3.08. The molecule has 0 unspecified atom stereocenters. The van der Waals surface area contributed by atoms with Crippen LogP contribution >= 0.6 is 0 Å². The van der Waals surface area contributed by atoms with E-state index in [-0.39, 0.29) is 11.9 Å². The first-order valence-corrected chi connectivity index (χ1v) is 8.18. The fourth-order valence-electron chi connectivity index (χ4n) is 3.28. The van der Waals surface area contributed by atoms with Crippen LogP contribution in [0.15, 0.2) is 4.52 Å². The molecule has 3 rings (SSSR count). The van der Waals surface area contributed by atoms with E-state index in [1.54, 1.807) is 0 Å². The molecule has 1 spiro atoms. The summed E-state index contributed by atoms with van der Waals surface area (Å²) in [6, 6.07) is -0.267. The van der Waals surface area contributed by atoms with Gasteiger partial charge in [-0.2, -0.15) is 4.98 Å². The van der Waals surface area contributed by atoms with Gasteiger partial charge in [0.15, 0.2) is 5.82 Å². The van der Waals surface area contributed by atoms with E-state index in [1.807, 2.05) is 18.9 Å². The lowest BCUT2D eigenvalue weighted by atomic mass is 9.98. The zero-order chi connectivity index (χ0) is 16.4. The molecule has 2 fully saturated rings. The Morgan fingerprint density at radius 1 is 1.35 bits per heavy atom. The van der Waals surface area contributed by atoms with Crippen molar-refractivity contribution in [1.82, 2.24) is 25.3 Å². The number of nitrogens with one attached hydrogen (secondary N) is 1. The number of aromatic nitrogens is 2. The summed E-state index contributed by atoms with van der Waals surface area (Å²) in [7, 11) is 1.90. The van der Waals surface area contributed by atoms with Gasteiger partial charge in [0.1, 0.15) is 5.54 Å². The highest BCUT2D eigenvalue weighted by Crippen LogP contribution is 2.34. The predicted octanol–water partition coefficient (Wildman–Crippen LogP) is 0.928. The molecule has 1 aromatic heterocycles. The molecule has 8 heteroatoms. The molecule has 0 bridgehead atoms. The number of amides is 3. The van der Waals surface area contributed by atoms with Crippen molar-refractivity contribution in [2.24, 2.45) is 0 Å². The van der Waals surface area contributed by atoms with Gasteiger partial charge in [-0.1, -0.05) is 24.9 Å². The number of hydrogen-bond acceptors (Lipinski definition) is 6. The fourth-order valence-corrected chi connectivity index (χ4v) is 3.28. The number of carbonyl (C=O) groups is 2. The van der Waals surface area contributed by atoms with E-state index in [0.717, 1.165) is 32.1 Å². The highest BCUT2D eigenvalue weighted by atomic mass is 16.5. The predicted molar refractivity (Wildman–Crippen MR) is 81.5 cm³/mol. The van der Waals surface area contributed by atoms with Crippen LogP contribution in [0.3, 0.4) is 0 Å². The maximum atomic E-state index is 12.5. The van der Waals surface area contributed by atoms with E-state index in [9.17, 15) is 9.59 Å². The number of hydrogen-bond donors (Lipinski definition) is 1. The molecule has 2 aliphatic rings. The molecule has 8 nitrogen and oxygen atoms in total. The minimum atomic E-state index is -0.627. The van der Waals surface area contributed by atoms with Crippen molar-refractivity contribution >= 4 is 11.9 Å². The van der Waals surface area contributed by atoms with Gasteiger partial charge in [0.05, 0.1) is 6.54 Å². The largest absolute Gasteiger partial charge is 0.338 e.